The molecule has 2 aromatic rings. The van der Waals surface area contributed by atoms with Gasteiger partial charge in [-0.15, -0.1) is 0 Å². The van der Waals surface area contributed by atoms with E-state index in [1.165, 1.54) is 24.3 Å². The lowest BCUT2D eigenvalue weighted by Crippen LogP contribution is -2.35. The lowest BCUT2D eigenvalue weighted by Gasteiger charge is -2.30. The molecule has 2 aliphatic rings. The van der Waals surface area contributed by atoms with Gasteiger partial charge < -0.3 is 21.3 Å². The Kier molecular flexibility index (Phi) is 5.17. The zero-order valence-electron chi connectivity index (χ0n) is 16.1. The van der Waals surface area contributed by atoms with E-state index in [0.717, 1.165) is 32.4 Å². The van der Waals surface area contributed by atoms with E-state index in [1.807, 2.05) is 4.90 Å². The molecule has 3 heterocycles. The lowest BCUT2D eigenvalue weighted by atomic mass is 9.92. The highest BCUT2D eigenvalue weighted by Crippen LogP contribution is 2.37. The summed E-state index contributed by atoms with van der Waals surface area (Å²) < 4.78 is 0. The SMILES string of the molecule is Nc1nc(N2CCCCC2)nc2c1[C@H](C(=O)Nc1ccc([N+](=O)[O-])cc1)CC(=O)N2. The Balaban J connectivity index is 1.59. The number of piperidine rings is 1. The number of hydrogen-bond acceptors (Lipinski definition) is 8. The summed E-state index contributed by atoms with van der Waals surface area (Å²) in [5, 5.41) is 16.2. The van der Waals surface area contributed by atoms with Crippen LogP contribution in [0.25, 0.3) is 0 Å². The van der Waals surface area contributed by atoms with Crippen LogP contribution in [-0.4, -0.2) is 39.8 Å². The smallest absolute Gasteiger partial charge is 0.269 e. The summed E-state index contributed by atoms with van der Waals surface area (Å²) in [5.74, 6) is -0.801. The maximum absolute atomic E-state index is 12.9. The highest BCUT2D eigenvalue weighted by atomic mass is 16.6. The van der Waals surface area contributed by atoms with Crippen LogP contribution in [0.4, 0.5) is 29.0 Å². The first kappa shape index (κ1) is 19.6. The average molecular weight is 411 g/mol. The number of fused-ring (bicyclic) bond motifs is 1. The highest BCUT2D eigenvalue weighted by Gasteiger charge is 2.35. The molecule has 1 saturated heterocycles. The molecule has 30 heavy (non-hydrogen) atoms. The number of nitrogens with two attached hydrogens (primary N) is 1. The van der Waals surface area contributed by atoms with Crippen LogP contribution < -0.4 is 21.3 Å². The van der Waals surface area contributed by atoms with Gasteiger partial charge in [0.25, 0.3) is 5.69 Å². The van der Waals surface area contributed by atoms with Crippen molar-refractivity contribution in [1.29, 1.82) is 0 Å². The first-order chi connectivity index (χ1) is 14.4. The number of carbonyl (C=O) groups excluding carboxylic acids is 2. The molecule has 1 fully saturated rings. The molecule has 2 amide bonds. The summed E-state index contributed by atoms with van der Waals surface area (Å²) in [6.45, 7) is 1.63. The molecule has 1 aromatic heterocycles. The lowest BCUT2D eigenvalue weighted by molar-refractivity contribution is -0.384. The molecule has 0 aliphatic carbocycles. The molecule has 0 spiro atoms. The molecule has 11 heteroatoms. The van der Waals surface area contributed by atoms with Crippen molar-refractivity contribution in [2.45, 2.75) is 31.6 Å². The molecule has 1 aromatic carbocycles. The van der Waals surface area contributed by atoms with Crippen LogP contribution in [0.15, 0.2) is 24.3 Å². The number of nitrogens with one attached hydrogen (secondary N) is 2. The van der Waals surface area contributed by atoms with E-state index in [9.17, 15) is 19.7 Å². The second-order valence-corrected chi connectivity index (χ2v) is 7.32. The summed E-state index contributed by atoms with van der Waals surface area (Å²) in [6.07, 6.45) is 3.13. The maximum atomic E-state index is 12.9. The summed E-state index contributed by atoms with van der Waals surface area (Å²) in [4.78, 5) is 46.3. The number of rotatable bonds is 4. The van der Waals surface area contributed by atoms with Gasteiger partial charge >= 0.3 is 0 Å². The van der Waals surface area contributed by atoms with Gasteiger partial charge in [-0.1, -0.05) is 0 Å². The van der Waals surface area contributed by atoms with Gasteiger partial charge in [-0.25, -0.2) is 0 Å². The van der Waals surface area contributed by atoms with Crippen LogP contribution in [0.2, 0.25) is 0 Å². The normalized spacial score (nSPS) is 18.3. The molecule has 0 saturated carbocycles. The largest absolute Gasteiger partial charge is 0.383 e. The first-order valence-corrected chi connectivity index (χ1v) is 9.70. The van der Waals surface area contributed by atoms with Crippen LogP contribution in [-0.2, 0) is 9.59 Å². The molecule has 0 unspecified atom stereocenters. The number of amides is 2. The minimum absolute atomic E-state index is 0.0849. The first-order valence-electron chi connectivity index (χ1n) is 9.70. The molecule has 4 N–H and O–H groups in total. The van der Waals surface area contributed by atoms with Gasteiger partial charge in [-0.3, -0.25) is 19.7 Å². The van der Waals surface area contributed by atoms with E-state index < -0.39 is 16.7 Å². The Morgan fingerprint density at radius 3 is 2.57 bits per heavy atom. The van der Waals surface area contributed by atoms with E-state index in [1.54, 1.807) is 0 Å². The maximum Gasteiger partial charge on any atom is 0.269 e. The van der Waals surface area contributed by atoms with Gasteiger partial charge in [0, 0.05) is 37.3 Å². The third-order valence-electron chi connectivity index (χ3n) is 5.26. The molecule has 1 atom stereocenters. The number of benzene rings is 1. The zero-order chi connectivity index (χ0) is 21.3. The molecule has 2 aliphatic heterocycles. The molecule has 0 bridgehead atoms. The van der Waals surface area contributed by atoms with Gasteiger partial charge in [-0.2, -0.15) is 9.97 Å². The van der Waals surface area contributed by atoms with E-state index in [4.69, 9.17) is 5.73 Å². The van der Waals surface area contributed by atoms with E-state index >= 15 is 0 Å². The number of nitrogen functional groups attached to an aromatic ring is 1. The molecule has 0 radical (unpaired) electrons. The topological polar surface area (TPSA) is 156 Å². The highest BCUT2D eigenvalue weighted by molar-refractivity contribution is 6.05. The number of carbonyl (C=O) groups is 2. The zero-order valence-corrected chi connectivity index (χ0v) is 16.1. The molecule has 11 nitrogen and oxygen atoms in total. The summed E-state index contributed by atoms with van der Waals surface area (Å²) in [7, 11) is 0. The second-order valence-electron chi connectivity index (χ2n) is 7.32. The molecule has 4 rings (SSSR count). The number of anilines is 4. The number of hydrogen-bond donors (Lipinski definition) is 3. The summed E-state index contributed by atoms with van der Waals surface area (Å²) in [5.41, 5.74) is 6.86. The predicted molar refractivity (Wildman–Crippen MR) is 110 cm³/mol. The van der Waals surface area contributed by atoms with E-state index in [0.29, 0.717) is 17.2 Å². The predicted octanol–water partition coefficient (Wildman–Crippen LogP) is 2.02. The van der Waals surface area contributed by atoms with Gasteiger partial charge in [0.05, 0.1) is 16.4 Å². The van der Waals surface area contributed by atoms with Crippen LogP contribution in [0.5, 0.6) is 0 Å². The standard InChI is InChI=1S/C19H21N7O4/c20-16-15-13(18(28)21-11-4-6-12(7-5-11)26(29)30)10-14(27)22-17(15)24-19(23-16)25-8-2-1-3-9-25/h4-7,13H,1-3,8-10H2,(H,21,28)(H3,20,22,23,24,27)/t13-/m1/s1. The van der Waals surface area contributed by atoms with Gasteiger partial charge in [0.1, 0.15) is 11.6 Å². The summed E-state index contributed by atoms with van der Waals surface area (Å²) in [6, 6.07) is 5.44. The van der Waals surface area contributed by atoms with Crippen molar-refractivity contribution >= 4 is 40.8 Å². The van der Waals surface area contributed by atoms with Crippen molar-refractivity contribution in [2.24, 2.45) is 0 Å². The third kappa shape index (κ3) is 3.86. The van der Waals surface area contributed by atoms with Crippen molar-refractivity contribution in [1.82, 2.24) is 9.97 Å². The minimum Gasteiger partial charge on any atom is -0.383 e. The molecule has 156 valence electrons. The fourth-order valence-corrected chi connectivity index (χ4v) is 3.74. The number of nitro groups is 1. The van der Waals surface area contributed by atoms with Gasteiger partial charge in [0.2, 0.25) is 17.8 Å². The molecular weight excluding hydrogens is 390 g/mol. The quantitative estimate of drug-likeness (QED) is 0.509. The fraction of sp³-hybridized carbons (Fsp3) is 0.368. The van der Waals surface area contributed by atoms with Crippen molar-refractivity contribution in [3.8, 4) is 0 Å². The van der Waals surface area contributed by atoms with E-state index in [-0.39, 0.29) is 29.7 Å². The second kappa shape index (κ2) is 7.93. The van der Waals surface area contributed by atoms with Crippen LogP contribution >= 0.6 is 0 Å². The Bertz CT molecular complexity index is 1000. The van der Waals surface area contributed by atoms with Crippen LogP contribution in [0.3, 0.4) is 0 Å². The number of nitrogens with zero attached hydrogens (tertiary/aromatic N) is 4. The Morgan fingerprint density at radius 2 is 1.90 bits per heavy atom. The molecular formula is C19H21N7O4. The van der Waals surface area contributed by atoms with Crippen molar-refractivity contribution in [3.05, 3.63) is 39.9 Å². The van der Waals surface area contributed by atoms with Crippen LogP contribution in [0.1, 0.15) is 37.2 Å². The number of nitro benzene ring substituents is 1. The third-order valence-corrected chi connectivity index (χ3v) is 5.26. The summed E-state index contributed by atoms with van der Waals surface area (Å²) >= 11 is 0. The van der Waals surface area contributed by atoms with Crippen molar-refractivity contribution < 1.29 is 14.5 Å². The van der Waals surface area contributed by atoms with E-state index in [2.05, 4.69) is 20.6 Å². The Labute approximate surface area is 171 Å². The van der Waals surface area contributed by atoms with Crippen molar-refractivity contribution in [3.63, 3.8) is 0 Å². The van der Waals surface area contributed by atoms with Gasteiger partial charge in [-0.05, 0) is 31.4 Å². The average Bonchev–Trinajstić information content (AvgIpc) is 2.73. The number of non-ortho nitro benzene ring substituents is 1. The van der Waals surface area contributed by atoms with Crippen molar-refractivity contribution in [2.75, 3.05) is 34.4 Å². The fourth-order valence-electron chi connectivity index (χ4n) is 3.74. The monoisotopic (exact) mass is 411 g/mol. The van der Waals surface area contributed by atoms with Gasteiger partial charge in [0.15, 0.2) is 0 Å². The Hall–Kier alpha value is -3.76. The Morgan fingerprint density at radius 1 is 1.20 bits per heavy atom. The number of aromatic nitrogens is 2. The van der Waals surface area contributed by atoms with Crippen LogP contribution in [0, 0.1) is 10.1 Å². The minimum atomic E-state index is -0.862.